The average molecular weight is 394 g/mol. The number of rotatable bonds is 4. The molecule has 1 heterocycles. The van der Waals surface area contributed by atoms with Gasteiger partial charge in [-0.05, 0) is 18.2 Å². The number of nitrogens with zero attached hydrogens (tertiary/aromatic N) is 1. The maximum absolute atomic E-state index is 12.1. The SMILES string of the molecule is O=C(OCc1cc2c(cc1Br)OCCO2)c1ccccc1[N+](=O)[O-]. The molecule has 0 bridgehead atoms. The van der Waals surface area contributed by atoms with Crippen LogP contribution in [0, 0.1) is 10.1 Å². The van der Waals surface area contributed by atoms with Gasteiger partial charge in [-0.1, -0.05) is 28.1 Å². The first kappa shape index (κ1) is 16.3. The van der Waals surface area contributed by atoms with Crippen LogP contribution >= 0.6 is 15.9 Å². The zero-order valence-corrected chi connectivity index (χ0v) is 13.9. The lowest BCUT2D eigenvalue weighted by molar-refractivity contribution is -0.385. The lowest BCUT2D eigenvalue weighted by Gasteiger charge is -2.19. The number of nitro groups is 1. The van der Waals surface area contributed by atoms with Crippen molar-refractivity contribution in [1.29, 1.82) is 0 Å². The average Bonchev–Trinajstić information content (AvgIpc) is 2.59. The van der Waals surface area contributed by atoms with Crippen LogP contribution in [0.2, 0.25) is 0 Å². The van der Waals surface area contributed by atoms with Gasteiger partial charge in [0.05, 0.1) is 4.92 Å². The van der Waals surface area contributed by atoms with E-state index < -0.39 is 10.9 Å². The molecule has 24 heavy (non-hydrogen) atoms. The van der Waals surface area contributed by atoms with Crippen molar-refractivity contribution in [1.82, 2.24) is 0 Å². The second kappa shape index (κ2) is 6.88. The molecule has 2 aromatic rings. The van der Waals surface area contributed by atoms with E-state index in [2.05, 4.69) is 15.9 Å². The molecule has 7 nitrogen and oxygen atoms in total. The minimum atomic E-state index is -0.760. The monoisotopic (exact) mass is 393 g/mol. The standard InChI is InChI=1S/C16H12BrNO6/c17-12-8-15-14(22-5-6-23-15)7-10(12)9-24-16(19)11-3-1-2-4-13(11)18(20)21/h1-4,7-8H,5-6,9H2. The summed E-state index contributed by atoms with van der Waals surface area (Å²) in [6.45, 7) is 0.873. The summed E-state index contributed by atoms with van der Waals surface area (Å²) in [5.41, 5.74) is 0.297. The number of nitro benzene ring substituents is 1. The second-order valence-corrected chi connectivity index (χ2v) is 5.79. The summed E-state index contributed by atoms with van der Waals surface area (Å²) in [5.74, 6) is 0.423. The molecule has 0 aromatic heterocycles. The summed E-state index contributed by atoms with van der Waals surface area (Å²) < 4.78 is 16.8. The Balaban J connectivity index is 1.77. The lowest BCUT2D eigenvalue weighted by Crippen LogP contribution is -2.16. The molecular formula is C16H12BrNO6. The van der Waals surface area contributed by atoms with Gasteiger partial charge in [0.15, 0.2) is 11.5 Å². The van der Waals surface area contributed by atoms with Crippen LogP contribution in [0.1, 0.15) is 15.9 Å². The van der Waals surface area contributed by atoms with Gasteiger partial charge >= 0.3 is 5.97 Å². The number of carbonyl (C=O) groups excluding carboxylic acids is 1. The quantitative estimate of drug-likeness (QED) is 0.448. The zero-order valence-electron chi connectivity index (χ0n) is 12.4. The first-order valence-electron chi connectivity index (χ1n) is 7.05. The highest BCUT2D eigenvalue weighted by molar-refractivity contribution is 9.10. The molecular weight excluding hydrogens is 382 g/mol. The Morgan fingerprint density at radius 1 is 1.21 bits per heavy atom. The molecule has 124 valence electrons. The maximum Gasteiger partial charge on any atom is 0.345 e. The largest absolute Gasteiger partial charge is 0.486 e. The van der Waals surface area contributed by atoms with Crippen LogP contribution in [0.25, 0.3) is 0 Å². The third-order valence-electron chi connectivity index (χ3n) is 3.39. The number of hydrogen-bond donors (Lipinski definition) is 0. The molecule has 0 aliphatic carbocycles. The Bertz CT molecular complexity index is 807. The Kier molecular flexibility index (Phi) is 4.66. The number of benzene rings is 2. The van der Waals surface area contributed by atoms with E-state index in [0.29, 0.717) is 34.7 Å². The van der Waals surface area contributed by atoms with Gasteiger partial charge in [-0.25, -0.2) is 4.79 Å². The lowest BCUT2D eigenvalue weighted by atomic mass is 10.2. The van der Waals surface area contributed by atoms with Crippen LogP contribution in [0.4, 0.5) is 5.69 Å². The van der Waals surface area contributed by atoms with Crippen LogP contribution in [0.5, 0.6) is 11.5 Å². The number of esters is 1. The number of carbonyl (C=O) groups is 1. The van der Waals surface area contributed by atoms with Crippen LogP contribution in [0.3, 0.4) is 0 Å². The van der Waals surface area contributed by atoms with Crippen molar-refractivity contribution in [2.75, 3.05) is 13.2 Å². The molecule has 1 aliphatic rings. The first-order chi connectivity index (χ1) is 11.6. The van der Waals surface area contributed by atoms with E-state index in [-0.39, 0.29) is 17.9 Å². The van der Waals surface area contributed by atoms with Crippen molar-refractivity contribution < 1.29 is 23.9 Å². The predicted octanol–water partition coefficient (Wildman–Crippen LogP) is 3.49. The van der Waals surface area contributed by atoms with E-state index in [1.54, 1.807) is 18.2 Å². The molecule has 2 aromatic carbocycles. The van der Waals surface area contributed by atoms with E-state index in [9.17, 15) is 14.9 Å². The molecule has 1 aliphatic heterocycles. The topological polar surface area (TPSA) is 87.9 Å². The van der Waals surface area contributed by atoms with Crippen LogP contribution in [-0.4, -0.2) is 24.1 Å². The van der Waals surface area contributed by atoms with Crippen molar-refractivity contribution in [3.05, 3.63) is 62.1 Å². The van der Waals surface area contributed by atoms with E-state index in [1.165, 1.54) is 18.2 Å². The van der Waals surface area contributed by atoms with Gasteiger partial charge < -0.3 is 14.2 Å². The van der Waals surface area contributed by atoms with Gasteiger partial charge in [0.25, 0.3) is 5.69 Å². The second-order valence-electron chi connectivity index (χ2n) is 4.94. The minimum Gasteiger partial charge on any atom is -0.486 e. The van der Waals surface area contributed by atoms with Crippen LogP contribution < -0.4 is 9.47 Å². The molecule has 0 radical (unpaired) electrons. The van der Waals surface area contributed by atoms with Crippen molar-refractivity contribution in [2.45, 2.75) is 6.61 Å². The summed E-state index contributed by atoms with van der Waals surface area (Å²) >= 11 is 3.38. The van der Waals surface area contributed by atoms with Crippen molar-refractivity contribution in [2.24, 2.45) is 0 Å². The molecule has 0 spiro atoms. The van der Waals surface area contributed by atoms with Crippen molar-refractivity contribution in [3.63, 3.8) is 0 Å². The Morgan fingerprint density at radius 2 is 1.88 bits per heavy atom. The molecule has 0 N–H and O–H groups in total. The summed E-state index contributed by atoms with van der Waals surface area (Å²) in [4.78, 5) is 22.5. The van der Waals surface area contributed by atoms with Crippen molar-refractivity contribution >= 4 is 27.6 Å². The minimum absolute atomic E-state index is 0.0535. The molecule has 0 amide bonds. The van der Waals surface area contributed by atoms with E-state index in [0.717, 1.165) is 0 Å². The number of para-hydroxylation sites is 1. The molecule has 0 unspecified atom stereocenters. The third kappa shape index (κ3) is 3.33. The summed E-state index contributed by atoms with van der Waals surface area (Å²) in [5, 5.41) is 11.0. The van der Waals surface area contributed by atoms with Gasteiger partial charge in [-0.2, -0.15) is 0 Å². The highest BCUT2D eigenvalue weighted by atomic mass is 79.9. The Morgan fingerprint density at radius 3 is 2.58 bits per heavy atom. The fraction of sp³-hybridized carbons (Fsp3) is 0.188. The van der Waals surface area contributed by atoms with E-state index in [1.807, 2.05) is 0 Å². The van der Waals surface area contributed by atoms with Gasteiger partial charge in [-0.15, -0.1) is 0 Å². The number of halogens is 1. The highest BCUT2D eigenvalue weighted by Crippen LogP contribution is 2.36. The smallest absolute Gasteiger partial charge is 0.345 e. The predicted molar refractivity (Wildman–Crippen MR) is 87.3 cm³/mol. The van der Waals surface area contributed by atoms with Gasteiger partial charge in [-0.3, -0.25) is 10.1 Å². The fourth-order valence-electron chi connectivity index (χ4n) is 2.24. The van der Waals surface area contributed by atoms with Crippen LogP contribution in [0.15, 0.2) is 40.9 Å². The van der Waals surface area contributed by atoms with Gasteiger partial charge in [0.2, 0.25) is 0 Å². The Labute approximate surface area is 145 Å². The number of fused-ring (bicyclic) bond motifs is 1. The first-order valence-corrected chi connectivity index (χ1v) is 7.84. The normalized spacial score (nSPS) is 12.5. The maximum atomic E-state index is 12.1. The number of ether oxygens (including phenoxy) is 3. The number of hydrogen-bond acceptors (Lipinski definition) is 6. The molecule has 0 saturated heterocycles. The summed E-state index contributed by atoms with van der Waals surface area (Å²) in [6, 6.07) is 9.11. The molecule has 0 atom stereocenters. The van der Waals surface area contributed by atoms with Gasteiger partial charge in [0, 0.05) is 16.1 Å². The third-order valence-corrected chi connectivity index (χ3v) is 4.13. The molecule has 3 rings (SSSR count). The zero-order chi connectivity index (χ0) is 17.1. The fourth-order valence-corrected chi connectivity index (χ4v) is 2.68. The summed E-state index contributed by atoms with van der Waals surface area (Å²) in [7, 11) is 0. The molecule has 8 heteroatoms. The highest BCUT2D eigenvalue weighted by Gasteiger charge is 2.21. The Hall–Kier alpha value is -2.61. The summed E-state index contributed by atoms with van der Waals surface area (Å²) in [6.07, 6.45) is 0. The van der Waals surface area contributed by atoms with Gasteiger partial charge in [0.1, 0.15) is 25.4 Å². The molecule has 0 saturated carbocycles. The van der Waals surface area contributed by atoms with E-state index >= 15 is 0 Å². The molecule has 0 fully saturated rings. The van der Waals surface area contributed by atoms with Crippen LogP contribution in [-0.2, 0) is 11.3 Å². The van der Waals surface area contributed by atoms with Crippen molar-refractivity contribution in [3.8, 4) is 11.5 Å². The van der Waals surface area contributed by atoms with E-state index in [4.69, 9.17) is 14.2 Å².